The predicted molar refractivity (Wildman–Crippen MR) is 109 cm³/mol. The highest BCUT2D eigenvalue weighted by atomic mass is 32.1. The van der Waals surface area contributed by atoms with Gasteiger partial charge in [0, 0.05) is 37.2 Å². The summed E-state index contributed by atoms with van der Waals surface area (Å²) in [5.74, 6) is 0.671. The van der Waals surface area contributed by atoms with Gasteiger partial charge in [-0.25, -0.2) is 0 Å². The predicted octanol–water partition coefficient (Wildman–Crippen LogP) is 2.52. The molecule has 144 valence electrons. The fourth-order valence-electron chi connectivity index (χ4n) is 2.93. The van der Waals surface area contributed by atoms with Crippen LogP contribution in [0.15, 0.2) is 46.8 Å². The van der Waals surface area contributed by atoms with E-state index in [0.717, 1.165) is 37.5 Å². The Bertz CT molecular complexity index is 755. The Balaban J connectivity index is 1.48. The van der Waals surface area contributed by atoms with Crippen molar-refractivity contribution in [1.82, 2.24) is 16.0 Å². The Morgan fingerprint density at radius 2 is 2.11 bits per heavy atom. The minimum atomic E-state index is -0.0625. The molecule has 1 atom stereocenters. The Hall–Kier alpha value is -2.38. The van der Waals surface area contributed by atoms with Crippen LogP contribution >= 0.6 is 11.3 Å². The molecule has 1 aromatic heterocycles. The Morgan fingerprint density at radius 1 is 1.22 bits per heavy atom. The van der Waals surface area contributed by atoms with Crippen LogP contribution in [0.4, 0.5) is 0 Å². The van der Waals surface area contributed by atoms with Crippen LogP contribution in [0.1, 0.15) is 33.6 Å². The van der Waals surface area contributed by atoms with E-state index < -0.39 is 0 Å². The van der Waals surface area contributed by atoms with Gasteiger partial charge in [0.1, 0.15) is 0 Å². The van der Waals surface area contributed by atoms with E-state index in [1.165, 1.54) is 4.88 Å². The summed E-state index contributed by atoms with van der Waals surface area (Å²) in [5.41, 5.74) is 1.69. The number of thiophene rings is 1. The normalized spacial score (nSPS) is 16.9. The van der Waals surface area contributed by atoms with Crippen LogP contribution in [0.5, 0.6) is 0 Å². The van der Waals surface area contributed by atoms with Gasteiger partial charge in [-0.2, -0.15) is 0 Å². The van der Waals surface area contributed by atoms with E-state index >= 15 is 0 Å². The lowest BCUT2D eigenvalue weighted by atomic mass is 10.1. The van der Waals surface area contributed by atoms with Gasteiger partial charge in [0.05, 0.1) is 12.6 Å². The number of amides is 1. The van der Waals surface area contributed by atoms with Crippen molar-refractivity contribution in [1.29, 1.82) is 0 Å². The van der Waals surface area contributed by atoms with Crippen molar-refractivity contribution >= 4 is 23.2 Å². The zero-order chi connectivity index (χ0) is 18.9. The first-order valence-electron chi connectivity index (χ1n) is 9.20. The first-order valence-corrected chi connectivity index (χ1v) is 10.1. The van der Waals surface area contributed by atoms with E-state index in [-0.39, 0.29) is 12.0 Å². The zero-order valence-electron chi connectivity index (χ0n) is 15.5. The van der Waals surface area contributed by atoms with E-state index in [1.807, 2.05) is 30.3 Å². The maximum atomic E-state index is 12.4. The van der Waals surface area contributed by atoms with Crippen molar-refractivity contribution in [3.8, 4) is 0 Å². The van der Waals surface area contributed by atoms with Gasteiger partial charge in [-0.15, -0.1) is 11.3 Å². The Morgan fingerprint density at radius 3 is 2.85 bits per heavy atom. The van der Waals surface area contributed by atoms with Crippen molar-refractivity contribution in [2.45, 2.75) is 32.0 Å². The zero-order valence-corrected chi connectivity index (χ0v) is 16.3. The molecule has 0 aliphatic carbocycles. The van der Waals surface area contributed by atoms with Crippen molar-refractivity contribution < 1.29 is 9.53 Å². The number of carbonyl (C=O) groups excluding carboxylic acids is 1. The average molecular weight is 387 g/mol. The highest BCUT2D eigenvalue weighted by Crippen LogP contribution is 2.11. The fourth-order valence-corrected chi connectivity index (χ4v) is 3.57. The maximum Gasteiger partial charge on any atom is 0.251 e. The summed E-state index contributed by atoms with van der Waals surface area (Å²) in [7, 11) is 1.75. The lowest BCUT2D eigenvalue weighted by molar-refractivity contribution is 0.0857. The largest absolute Gasteiger partial charge is 0.376 e. The highest BCUT2D eigenvalue weighted by molar-refractivity contribution is 7.09. The third-order valence-electron chi connectivity index (χ3n) is 4.40. The monoisotopic (exact) mass is 386 g/mol. The molecule has 1 fully saturated rings. The molecule has 0 bridgehead atoms. The molecule has 0 spiro atoms. The van der Waals surface area contributed by atoms with Gasteiger partial charge in [-0.3, -0.25) is 9.79 Å². The van der Waals surface area contributed by atoms with Crippen LogP contribution in [0, 0.1) is 0 Å². The molecule has 1 aliphatic rings. The van der Waals surface area contributed by atoms with Crippen LogP contribution in [0.25, 0.3) is 0 Å². The SMILES string of the molecule is CN=C(NCc1cccc(C(=O)NCC2CCCO2)c1)NCc1cccs1. The molecule has 0 radical (unpaired) electrons. The Kier molecular flexibility index (Phi) is 7.24. The number of aliphatic imine (C=N–C) groups is 1. The second-order valence-electron chi connectivity index (χ2n) is 6.40. The summed E-state index contributed by atoms with van der Waals surface area (Å²) in [5, 5.41) is 11.6. The number of ether oxygens (including phenoxy) is 1. The number of guanidine groups is 1. The number of carbonyl (C=O) groups is 1. The molecule has 1 amide bonds. The number of hydrogen-bond acceptors (Lipinski definition) is 4. The van der Waals surface area contributed by atoms with Gasteiger partial charge < -0.3 is 20.7 Å². The fraction of sp³-hybridized carbons (Fsp3) is 0.400. The van der Waals surface area contributed by atoms with Gasteiger partial charge in [-0.05, 0) is 42.0 Å². The molecular formula is C20H26N4O2S. The van der Waals surface area contributed by atoms with Crippen LogP contribution in [-0.4, -0.2) is 38.2 Å². The van der Waals surface area contributed by atoms with Gasteiger partial charge in [-0.1, -0.05) is 18.2 Å². The third kappa shape index (κ3) is 6.08. The summed E-state index contributed by atoms with van der Waals surface area (Å²) in [6.07, 6.45) is 2.24. The molecule has 3 N–H and O–H groups in total. The van der Waals surface area contributed by atoms with Crippen molar-refractivity contribution in [2.75, 3.05) is 20.2 Å². The molecule has 2 heterocycles. The third-order valence-corrected chi connectivity index (χ3v) is 5.27. The summed E-state index contributed by atoms with van der Waals surface area (Å²) < 4.78 is 5.55. The molecule has 2 aromatic rings. The first-order chi connectivity index (χ1) is 13.2. The molecule has 1 unspecified atom stereocenters. The van der Waals surface area contributed by atoms with E-state index in [4.69, 9.17) is 4.74 Å². The van der Waals surface area contributed by atoms with E-state index in [2.05, 4.69) is 32.4 Å². The first kappa shape index (κ1) is 19.4. The summed E-state index contributed by atoms with van der Waals surface area (Å²) >= 11 is 1.71. The Labute approximate surface area is 164 Å². The topological polar surface area (TPSA) is 74.8 Å². The van der Waals surface area contributed by atoms with Crippen molar-refractivity contribution in [2.24, 2.45) is 4.99 Å². The molecule has 1 aromatic carbocycles. The smallest absolute Gasteiger partial charge is 0.251 e. The van der Waals surface area contributed by atoms with Gasteiger partial charge in [0.25, 0.3) is 5.91 Å². The summed E-state index contributed by atoms with van der Waals surface area (Å²) in [4.78, 5) is 17.9. The maximum absolute atomic E-state index is 12.4. The van der Waals surface area contributed by atoms with Gasteiger partial charge in [0.2, 0.25) is 0 Å². The van der Waals surface area contributed by atoms with Crippen molar-refractivity contribution in [3.05, 3.63) is 57.8 Å². The van der Waals surface area contributed by atoms with Crippen molar-refractivity contribution in [3.63, 3.8) is 0 Å². The number of rotatable bonds is 7. The lowest BCUT2D eigenvalue weighted by Crippen LogP contribution is -2.36. The molecule has 6 nitrogen and oxygen atoms in total. The number of nitrogens with one attached hydrogen (secondary N) is 3. The summed E-state index contributed by atoms with van der Waals surface area (Å²) in [6.45, 7) is 2.70. The molecule has 1 saturated heterocycles. The van der Waals surface area contributed by atoms with Crippen LogP contribution in [0.2, 0.25) is 0 Å². The van der Waals surface area contributed by atoms with Crippen LogP contribution in [0.3, 0.4) is 0 Å². The standard InChI is InChI=1S/C20H26N4O2S/c1-21-20(24-14-18-8-4-10-27-18)23-12-15-5-2-6-16(11-15)19(25)22-13-17-7-3-9-26-17/h2,4-6,8,10-11,17H,3,7,9,12-14H2,1H3,(H,22,25)(H2,21,23,24). The lowest BCUT2D eigenvalue weighted by Gasteiger charge is -2.13. The molecule has 3 rings (SSSR count). The number of hydrogen-bond donors (Lipinski definition) is 3. The molecule has 0 saturated carbocycles. The molecule has 1 aliphatic heterocycles. The highest BCUT2D eigenvalue weighted by Gasteiger charge is 2.16. The quantitative estimate of drug-likeness (QED) is 0.505. The van der Waals surface area contributed by atoms with E-state index in [0.29, 0.717) is 18.7 Å². The minimum absolute atomic E-state index is 0.0625. The number of nitrogens with zero attached hydrogens (tertiary/aromatic N) is 1. The van der Waals surface area contributed by atoms with Gasteiger partial charge in [0.15, 0.2) is 5.96 Å². The minimum Gasteiger partial charge on any atom is -0.376 e. The average Bonchev–Trinajstić information content (AvgIpc) is 3.40. The van der Waals surface area contributed by atoms with Crippen LogP contribution in [-0.2, 0) is 17.8 Å². The van der Waals surface area contributed by atoms with Crippen LogP contribution < -0.4 is 16.0 Å². The van der Waals surface area contributed by atoms with E-state index in [9.17, 15) is 4.79 Å². The number of benzene rings is 1. The van der Waals surface area contributed by atoms with Gasteiger partial charge >= 0.3 is 0 Å². The second-order valence-corrected chi connectivity index (χ2v) is 7.44. The summed E-state index contributed by atoms with van der Waals surface area (Å²) in [6, 6.07) is 11.8. The second kappa shape index (κ2) is 10.1. The molecular weight excluding hydrogens is 360 g/mol. The molecule has 27 heavy (non-hydrogen) atoms. The van der Waals surface area contributed by atoms with E-state index in [1.54, 1.807) is 18.4 Å². The molecule has 7 heteroatoms.